The summed E-state index contributed by atoms with van der Waals surface area (Å²) in [5.41, 5.74) is 0. The molecule has 4 nitrogen and oxygen atoms in total. The Labute approximate surface area is 130 Å². The molecule has 114 valence electrons. The summed E-state index contributed by atoms with van der Waals surface area (Å²) in [6, 6.07) is 2.24. The highest BCUT2D eigenvalue weighted by Crippen LogP contribution is 2.29. The molecule has 0 unspecified atom stereocenters. The summed E-state index contributed by atoms with van der Waals surface area (Å²) in [5, 5.41) is 3.33. The lowest BCUT2D eigenvalue weighted by atomic mass is 10.3. The van der Waals surface area contributed by atoms with Gasteiger partial charge < -0.3 is 5.32 Å². The number of rotatable bonds is 5. The Morgan fingerprint density at radius 3 is 2.60 bits per heavy atom. The van der Waals surface area contributed by atoms with Crippen molar-refractivity contribution in [1.82, 2.24) is 9.62 Å². The first-order valence-corrected chi connectivity index (χ1v) is 10.2. The summed E-state index contributed by atoms with van der Waals surface area (Å²) in [7, 11) is -3.31. The van der Waals surface area contributed by atoms with Crippen molar-refractivity contribution in [2.24, 2.45) is 0 Å². The maximum Gasteiger partial charge on any atom is 0.244 e. The fourth-order valence-corrected chi connectivity index (χ4v) is 6.23. The van der Waals surface area contributed by atoms with Crippen LogP contribution in [-0.4, -0.2) is 43.4 Å². The second-order valence-corrected chi connectivity index (χ2v) is 9.66. The topological polar surface area (TPSA) is 49.4 Å². The van der Waals surface area contributed by atoms with Gasteiger partial charge in [-0.3, -0.25) is 0 Å². The summed E-state index contributed by atoms with van der Waals surface area (Å²) in [5.74, 6) is 1.79. The van der Waals surface area contributed by atoms with E-state index in [1.807, 2.05) is 24.8 Å². The van der Waals surface area contributed by atoms with Crippen LogP contribution in [0.2, 0.25) is 0 Å². The van der Waals surface area contributed by atoms with E-state index >= 15 is 0 Å². The van der Waals surface area contributed by atoms with Crippen molar-refractivity contribution in [3.05, 3.63) is 15.8 Å². The first-order chi connectivity index (χ1) is 9.41. The fraction of sp³-hybridized carbons (Fsp3) is 0.692. The van der Waals surface area contributed by atoms with E-state index in [-0.39, 0.29) is 0 Å². The summed E-state index contributed by atoms with van der Waals surface area (Å²) in [6.45, 7) is 8.06. The monoisotopic (exact) mass is 334 g/mol. The third kappa shape index (κ3) is 3.76. The Balaban J connectivity index is 2.18. The van der Waals surface area contributed by atoms with Crippen molar-refractivity contribution in [1.29, 1.82) is 0 Å². The van der Waals surface area contributed by atoms with Crippen molar-refractivity contribution in [3.8, 4) is 0 Å². The van der Waals surface area contributed by atoms with Crippen LogP contribution in [0.15, 0.2) is 11.0 Å². The Hall–Kier alpha value is -0.0800. The molecule has 7 heteroatoms. The van der Waals surface area contributed by atoms with E-state index < -0.39 is 10.0 Å². The molecule has 1 aromatic rings. The SMILES string of the molecule is Cc1sc(CNC(C)C)cc1S(=O)(=O)N1CCSCC1. The number of thioether (sulfide) groups is 1. The minimum Gasteiger partial charge on any atom is -0.310 e. The lowest BCUT2D eigenvalue weighted by Gasteiger charge is -2.25. The largest absolute Gasteiger partial charge is 0.310 e. The summed E-state index contributed by atoms with van der Waals surface area (Å²) >= 11 is 3.39. The van der Waals surface area contributed by atoms with E-state index in [1.165, 1.54) is 0 Å². The number of hydrogen-bond acceptors (Lipinski definition) is 5. The van der Waals surface area contributed by atoms with Crippen molar-refractivity contribution in [2.75, 3.05) is 24.6 Å². The molecule has 0 radical (unpaired) electrons. The van der Waals surface area contributed by atoms with Crippen LogP contribution >= 0.6 is 23.1 Å². The van der Waals surface area contributed by atoms with Crippen molar-refractivity contribution in [3.63, 3.8) is 0 Å². The third-order valence-electron chi connectivity index (χ3n) is 3.20. The molecule has 1 N–H and O–H groups in total. The van der Waals surface area contributed by atoms with Crippen LogP contribution in [0.4, 0.5) is 0 Å². The molecule has 2 heterocycles. The van der Waals surface area contributed by atoms with Gasteiger partial charge in [-0.15, -0.1) is 11.3 Å². The minimum absolute atomic E-state index is 0.400. The van der Waals surface area contributed by atoms with Gasteiger partial charge in [0.2, 0.25) is 10.0 Å². The van der Waals surface area contributed by atoms with E-state index in [9.17, 15) is 8.42 Å². The smallest absolute Gasteiger partial charge is 0.244 e. The van der Waals surface area contributed by atoms with Crippen LogP contribution in [0.1, 0.15) is 23.6 Å². The summed E-state index contributed by atoms with van der Waals surface area (Å²) in [6.07, 6.45) is 0. The number of hydrogen-bond donors (Lipinski definition) is 1. The molecular weight excluding hydrogens is 312 g/mol. The van der Waals surface area contributed by atoms with Gasteiger partial charge in [-0.2, -0.15) is 16.1 Å². The predicted octanol–water partition coefficient (Wildman–Crippen LogP) is 2.29. The zero-order valence-electron chi connectivity index (χ0n) is 12.2. The molecule has 2 rings (SSSR count). The van der Waals surface area contributed by atoms with Gasteiger partial charge in [0, 0.05) is 46.9 Å². The molecule has 1 aliphatic rings. The second kappa shape index (κ2) is 6.79. The molecule has 1 saturated heterocycles. The molecular formula is C13H22N2O2S3. The number of sulfonamides is 1. The van der Waals surface area contributed by atoms with Crippen LogP contribution in [0, 0.1) is 6.92 Å². The highest BCUT2D eigenvalue weighted by atomic mass is 32.2. The van der Waals surface area contributed by atoms with Crippen LogP contribution in [0.5, 0.6) is 0 Å². The molecule has 0 aromatic carbocycles. The standard InChI is InChI=1S/C13H22N2O2S3/c1-10(2)14-9-12-8-13(11(3)19-12)20(16,17)15-4-6-18-7-5-15/h8,10,14H,4-7,9H2,1-3H3. The Kier molecular flexibility index (Phi) is 5.53. The van der Waals surface area contributed by atoms with Gasteiger partial charge in [0.15, 0.2) is 0 Å². The molecule has 0 aliphatic carbocycles. The molecule has 1 aromatic heterocycles. The van der Waals surface area contributed by atoms with Crippen LogP contribution in [0.3, 0.4) is 0 Å². The molecule has 20 heavy (non-hydrogen) atoms. The maximum atomic E-state index is 12.7. The minimum atomic E-state index is -3.31. The molecule has 0 atom stereocenters. The predicted molar refractivity (Wildman–Crippen MR) is 87.1 cm³/mol. The van der Waals surface area contributed by atoms with Gasteiger partial charge in [0.1, 0.15) is 0 Å². The molecule has 1 fully saturated rings. The first kappa shape index (κ1) is 16.3. The van der Waals surface area contributed by atoms with Crippen LogP contribution in [0.25, 0.3) is 0 Å². The average Bonchev–Trinajstić information content (AvgIpc) is 2.79. The first-order valence-electron chi connectivity index (χ1n) is 6.82. The Morgan fingerprint density at radius 2 is 2.00 bits per heavy atom. The van der Waals surface area contributed by atoms with Crippen LogP contribution in [-0.2, 0) is 16.6 Å². The van der Waals surface area contributed by atoms with E-state index in [2.05, 4.69) is 19.2 Å². The Bertz CT molecular complexity index is 546. The quantitative estimate of drug-likeness (QED) is 0.897. The highest BCUT2D eigenvalue weighted by Gasteiger charge is 2.28. The van der Waals surface area contributed by atoms with Crippen LogP contribution < -0.4 is 5.32 Å². The van der Waals surface area contributed by atoms with E-state index in [4.69, 9.17) is 0 Å². The van der Waals surface area contributed by atoms with Crippen molar-refractivity contribution in [2.45, 2.75) is 38.3 Å². The number of aryl methyl sites for hydroxylation is 1. The number of thiophene rings is 1. The van der Waals surface area contributed by atoms with Gasteiger partial charge in [-0.25, -0.2) is 8.42 Å². The van der Waals surface area contributed by atoms with Gasteiger partial charge in [0.05, 0.1) is 4.90 Å². The second-order valence-electron chi connectivity index (χ2n) is 5.19. The summed E-state index contributed by atoms with van der Waals surface area (Å²) in [4.78, 5) is 2.47. The van der Waals surface area contributed by atoms with Crippen molar-refractivity contribution < 1.29 is 8.42 Å². The lowest BCUT2D eigenvalue weighted by Crippen LogP contribution is -2.37. The fourth-order valence-electron chi connectivity index (χ4n) is 2.10. The number of nitrogens with one attached hydrogen (secondary N) is 1. The highest BCUT2D eigenvalue weighted by molar-refractivity contribution is 7.99. The van der Waals surface area contributed by atoms with E-state index in [0.29, 0.717) is 24.0 Å². The maximum absolute atomic E-state index is 12.7. The number of nitrogens with zero attached hydrogens (tertiary/aromatic N) is 1. The van der Waals surface area contributed by atoms with E-state index in [1.54, 1.807) is 15.6 Å². The molecule has 1 aliphatic heterocycles. The average molecular weight is 335 g/mol. The van der Waals surface area contributed by atoms with Gasteiger partial charge in [0.25, 0.3) is 0 Å². The van der Waals surface area contributed by atoms with Gasteiger partial charge in [-0.05, 0) is 13.0 Å². The molecule has 0 bridgehead atoms. The zero-order chi connectivity index (χ0) is 14.8. The lowest BCUT2D eigenvalue weighted by molar-refractivity contribution is 0.443. The molecule has 0 spiro atoms. The zero-order valence-corrected chi connectivity index (χ0v) is 14.6. The molecule has 0 saturated carbocycles. The summed E-state index contributed by atoms with van der Waals surface area (Å²) < 4.78 is 26.9. The Morgan fingerprint density at radius 1 is 1.35 bits per heavy atom. The van der Waals surface area contributed by atoms with Gasteiger partial charge in [-0.1, -0.05) is 13.8 Å². The third-order valence-corrected chi connectivity index (χ3v) is 7.34. The normalized spacial score (nSPS) is 17.8. The van der Waals surface area contributed by atoms with E-state index in [0.717, 1.165) is 27.8 Å². The van der Waals surface area contributed by atoms with Gasteiger partial charge >= 0.3 is 0 Å². The molecule has 0 amide bonds. The van der Waals surface area contributed by atoms with Crippen molar-refractivity contribution >= 4 is 33.1 Å².